The van der Waals surface area contributed by atoms with Crippen LogP contribution in [0.3, 0.4) is 0 Å². The SMILES string of the molecule is O=C(O)CCCCc1occ2ccccc12. The van der Waals surface area contributed by atoms with Gasteiger partial charge < -0.3 is 9.52 Å². The average Bonchev–Trinajstić information content (AvgIpc) is 2.68. The lowest BCUT2D eigenvalue weighted by Gasteiger charge is -1.97. The summed E-state index contributed by atoms with van der Waals surface area (Å²) in [5.74, 6) is 0.227. The second-order valence-electron chi connectivity index (χ2n) is 3.85. The van der Waals surface area contributed by atoms with Crippen LogP contribution in [0.2, 0.25) is 0 Å². The zero-order valence-corrected chi connectivity index (χ0v) is 8.98. The molecule has 3 nitrogen and oxygen atoms in total. The molecule has 0 fully saturated rings. The molecule has 2 aromatic rings. The van der Waals surface area contributed by atoms with Gasteiger partial charge in [-0.25, -0.2) is 0 Å². The highest BCUT2D eigenvalue weighted by atomic mass is 16.4. The van der Waals surface area contributed by atoms with E-state index in [9.17, 15) is 4.79 Å². The van der Waals surface area contributed by atoms with Crippen LogP contribution in [-0.4, -0.2) is 11.1 Å². The third kappa shape index (κ3) is 2.42. The fourth-order valence-corrected chi connectivity index (χ4v) is 1.81. The van der Waals surface area contributed by atoms with E-state index in [4.69, 9.17) is 9.52 Å². The highest BCUT2D eigenvalue weighted by Gasteiger charge is 2.05. The first kappa shape index (κ1) is 10.7. The second-order valence-corrected chi connectivity index (χ2v) is 3.85. The summed E-state index contributed by atoms with van der Waals surface area (Å²) in [5.41, 5.74) is 0. The molecule has 0 atom stereocenters. The third-order valence-electron chi connectivity index (χ3n) is 2.63. The fraction of sp³-hybridized carbons (Fsp3) is 0.308. The molecule has 2 rings (SSSR count). The van der Waals surface area contributed by atoms with Gasteiger partial charge in [-0.05, 0) is 12.8 Å². The standard InChI is InChI=1S/C13H14O3/c14-13(15)8-4-3-7-12-11-6-2-1-5-10(11)9-16-12/h1-2,5-6,9H,3-4,7-8H2,(H,14,15). The Morgan fingerprint density at radius 1 is 1.25 bits per heavy atom. The molecule has 0 saturated heterocycles. The summed E-state index contributed by atoms with van der Waals surface area (Å²) in [6.45, 7) is 0. The fourth-order valence-electron chi connectivity index (χ4n) is 1.81. The maximum atomic E-state index is 10.3. The van der Waals surface area contributed by atoms with Gasteiger partial charge in [0.25, 0.3) is 0 Å². The molecule has 1 aromatic carbocycles. The summed E-state index contributed by atoms with van der Waals surface area (Å²) in [7, 11) is 0. The number of carboxylic acids is 1. The van der Waals surface area contributed by atoms with E-state index in [0.717, 1.165) is 29.4 Å². The van der Waals surface area contributed by atoms with Crippen molar-refractivity contribution in [2.75, 3.05) is 0 Å². The van der Waals surface area contributed by atoms with Gasteiger partial charge in [0, 0.05) is 23.6 Å². The Kier molecular flexibility index (Phi) is 3.25. The Labute approximate surface area is 93.7 Å². The molecular weight excluding hydrogens is 204 g/mol. The van der Waals surface area contributed by atoms with Crippen LogP contribution in [-0.2, 0) is 11.2 Å². The van der Waals surface area contributed by atoms with Crippen molar-refractivity contribution in [3.8, 4) is 0 Å². The van der Waals surface area contributed by atoms with Gasteiger partial charge in [0.15, 0.2) is 0 Å². The molecular formula is C13H14O3. The van der Waals surface area contributed by atoms with Crippen molar-refractivity contribution < 1.29 is 14.3 Å². The number of aryl methyl sites for hydroxylation is 1. The summed E-state index contributed by atoms with van der Waals surface area (Å²) in [4.78, 5) is 10.3. The molecule has 0 unspecified atom stereocenters. The number of rotatable bonds is 5. The summed E-state index contributed by atoms with van der Waals surface area (Å²) in [6, 6.07) is 8.01. The summed E-state index contributed by atoms with van der Waals surface area (Å²) in [5, 5.41) is 10.8. The lowest BCUT2D eigenvalue weighted by atomic mass is 10.1. The van der Waals surface area contributed by atoms with Crippen molar-refractivity contribution in [3.05, 3.63) is 36.3 Å². The van der Waals surface area contributed by atoms with Crippen LogP contribution in [0, 0.1) is 0 Å². The zero-order chi connectivity index (χ0) is 11.4. The minimum Gasteiger partial charge on any atom is -0.481 e. The third-order valence-corrected chi connectivity index (χ3v) is 2.63. The van der Waals surface area contributed by atoms with Gasteiger partial charge in [-0.2, -0.15) is 0 Å². The normalized spacial score (nSPS) is 10.8. The molecule has 84 valence electrons. The Balaban J connectivity index is 1.97. The van der Waals surface area contributed by atoms with Crippen LogP contribution in [0.5, 0.6) is 0 Å². The molecule has 0 bridgehead atoms. The van der Waals surface area contributed by atoms with E-state index in [2.05, 4.69) is 0 Å². The van der Waals surface area contributed by atoms with Crippen molar-refractivity contribution in [1.82, 2.24) is 0 Å². The van der Waals surface area contributed by atoms with Gasteiger partial charge in [0.05, 0.1) is 6.26 Å². The largest absolute Gasteiger partial charge is 0.481 e. The topological polar surface area (TPSA) is 50.4 Å². The van der Waals surface area contributed by atoms with Crippen LogP contribution in [0.15, 0.2) is 34.9 Å². The van der Waals surface area contributed by atoms with Crippen LogP contribution >= 0.6 is 0 Å². The minimum atomic E-state index is -0.732. The van der Waals surface area contributed by atoms with Crippen molar-refractivity contribution >= 4 is 16.7 Å². The highest BCUT2D eigenvalue weighted by molar-refractivity contribution is 5.83. The number of benzene rings is 1. The number of fused-ring (bicyclic) bond motifs is 1. The molecule has 0 spiro atoms. The van der Waals surface area contributed by atoms with Gasteiger partial charge in [-0.15, -0.1) is 0 Å². The maximum Gasteiger partial charge on any atom is 0.303 e. The lowest BCUT2D eigenvalue weighted by Crippen LogP contribution is -1.94. The van der Waals surface area contributed by atoms with Crippen molar-refractivity contribution in [2.24, 2.45) is 0 Å². The van der Waals surface area contributed by atoms with Gasteiger partial charge in [0.1, 0.15) is 5.76 Å². The first-order valence-electron chi connectivity index (χ1n) is 5.44. The van der Waals surface area contributed by atoms with Gasteiger partial charge in [-0.1, -0.05) is 24.3 Å². The molecule has 0 aliphatic rings. The molecule has 16 heavy (non-hydrogen) atoms. The quantitative estimate of drug-likeness (QED) is 0.784. The Morgan fingerprint density at radius 2 is 2.06 bits per heavy atom. The summed E-state index contributed by atoms with van der Waals surface area (Å²) >= 11 is 0. The average molecular weight is 218 g/mol. The minimum absolute atomic E-state index is 0.235. The Bertz CT molecular complexity index is 485. The van der Waals surface area contributed by atoms with Crippen molar-refractivity contribution in [2.45, 2.75) is 25.7 Å². The first-order valence-corrected chi connectivity index (χ1v) is 5.44. The number of hydrogen-bond acceptors (Lipinski definition) is 2. The number of furan rings is 1. The maximum absolute atomic E-state index is 10.3. The van der Waals surface area contributed by atoms with Crippen molar-refractivity contribution in [1.29, 1.82) is 0 Å². The van der Waals surface area contributed by atoms with Gasteiger partial charge in [0.2, 0.25) is 0 Å². The van der Waals surface area contributed by atoms with E-state index in [0.29, 0.717) is 6.42 Å². The molecule has 3 heteroatoms. The smallest absolute Gasteiger partial charge is 0.303 e. The van der Waals surface area contributed by atoms with Crippen LogP contribution in [0.1, 0.15) is 25.0 Å². The van der Waals surface area contributed by atoms with E-state index in [1.165, 1.54) is 0 Å². The van der Waals surface area contributed by atoms with E-state index in [-0.39, 0.29) is 6.42 Å². The predicted octanol–water partition coefficient (Wildman–Crippen LogP) is 3.23. The molecule has 0 aliphatic carbocycles. The molecule has 0 amide bonds. The predicted molar refractivity (Wildman–Crippen MR) is 61.4 cm³/mol. The van der Waals surface area contributed by atoms with Gasteiger partial charge >= 0.3 is 5.97 Å². The van der Waals surface area contributed by atoms with Crippen LogP contribution < -0.4 is 0 Å². The summed E-state index contributed by atoms with van der Waals surface area (Å²) < 4.78 is 5.47. The lowest BCUT2D eigenvalue weighted by molar-refractivity contribution is -0.137. The summed E-state index contributed by atoms with van der Waals surface area (Å²) in [6.07, 6.45) is 4.34. The van der Waals surface area contributed by atoms with E-state index in [1.54, 1.807) is 6.26 Å². The number of unbranched alkanes of at least 4 members (excludes halogenated alkanes) is 1. The molecule has 1 heterocycles. The molecule has 1 N–H and O–H groups in total. The number of carbonyl (C=O) groups is 1. The Hall–Kier alpha value is -1.77. The van der Waals surface area contributed by atoms with Gasteiger partial charge in [-0.3, -0.25) is 4.79 Å². The second kappa shape index (κ2) is 4.84. The molecule has 1 aromatic heterocycles. The zero-order valence-electron chi connectivity index (χ0n) is 8.98. The number of aliphatic carboxylic acids is 1. The molecule has 0 aliphatic heterocycles. The monoisotopic (exact) mass is 218 g/mol. The number of carboxylic acid groups (broad SMARTS) is 1. The molecule has 0 saturated carbocycles. The van der Waals surface area contributed by atoms with E-state index >= 15 is 0 Å². The van der Waals surface area contributed by atoms with Crippen LogP contribution in [0.25, 0.3) is 10.8 Å². The highest BCUT2D eigenvalue weighted by Crippen LogP contribution is 2.22. The Morgan fingerprint density at radius 3 is 2.88 bits per heavy atom. The first-order chi connectivity index (χ1) is 7.77. The van der Waals surface area contributed by atoms with Crippen LogP contribution in [0.4, 0.5) is 0 Å². The van der Waals surface area contributed by atoms with Crippen molar-refractivity contribution in [3.63, 3.8) is 0 Å². The van der Waals surface area contributed by atoms with E-state index in [1.807, 2.05) is 24.3 Å². The van der Waals surface area contributed by atoms with E-state index < -0.39 is 5.97 Å². The number of hydrogen-bond donors (Lipinski definition) is 1. The molecule has 0 radical (unpaired) electrons.